The number of carbonyl (C=O) groups excluding carboxylic acids is 1. The highest BCUT2D eigenvalue weighted by atomic mass is 35.5. The average Bonchev–Trinajstić information content (AvgIpc) is 2.51. The SMILES string of the molecule is CN(Cc1ccc(Cl)cc1)C(=O)CSCc1ccccc1Cl. The molecule has 0 unspecified atom stereocenters. The summed E-state index contributed by atoms with van der Waals surface area (Å²) in [7, 11) is 1.81. The summed E-state index contributed by atoms with van der Waals surface area (Å²) in [5.41, 5.74) is 2.12. The van der Waals surface area contributed by atoms with E-state index < -0.39 is 0 Å². The molecule has 5 heteroatoms. The number of amides is 1. The molecule has 2 rings (SSSR count). The lowest BCUT2D eigenvalue weighted by Crippen LogP contribution is -2.27. The zero-order chi connectivity index (χ0) is 15.9. The second-order valence-corrected chi connectivity index (χ2v) is 6.79. The van der Waals surface area contributed by atoms with Crippen LogP contribution in [0.4, 0.5) is 0 Å². The first-order valence-electron chi connectivity index (χ1n) is 6.86. The van der Waals surface area contributed by atoms with Gasteiger partial charge in [0.2, 0.25) is 5.91 Å². The number of halogens is 2. The molecular formula is C17H17Cl2NOS. The largest absolute Gasteiger partial charge is 0.341 e. The molecule has 22 heavy (non-hydrogen) atoms. The Morgan fingerprint density at radius 3 is 2.45 bits per heavy atom. The van der Waals surface area contributed by atoms with Gasteiger partial charge in [0, 0.05) is 29.4 Å². The van der Waals surface area contributed by atoms with Crippen molar-refractivity contribution in [3.8, 4) is 0 Å². The van der Waals surface area contributed by atoms with Crippen molar-refractivity contribution in [1.82, 2.24) is 4.90 Å². The van der Waals surface area contributed by atoms with E-state index in [1.54, 1.807) is 16.7 Å². The van der Waals surface area contributed by atoms with Crippen molar-refractivity contribution in [3.05, 3.63) is 69.7 Å². The Hall–Kier alpha value is -1.16. The van der Waals surface area contributed by atoms with E-state index in [1.807, 2.05) is 55.6 Å². The summed E-state index contributed by atoms with van der Waals surface area (Å²) in [5.74, 6) is 1.28. The fourth-order valence-electron chi connectivity index (χ4n) is 1.93. The van der Waals surface area contributed by atoms with Gasteiger partial charge in [-0.3, -0.25) is 4.79 Å². The van der Waals surface area contributed by atoms with Crippen LogP contribution in [-0.2, 0) is 17.1 Å². The molecule has 0 saturated carbocycles. The van der Waals surface area contributed by atoms with E-state index in [0.717, 1.165) is 21.9 Å². The number of hydrogen-bond acceptors (Lipinski definition) is 2. The van der Waals surface area contributed by atoms with Gasteiger partial charge in [0.15, 0.2) is 0 Å². The Balaban J connectivity index is 1.79. The Morgan fingerprint density at radius 1 is 1.09 bits per heavy atom. The molecule has 0 spiro atoms. The molecular weight excluding hydrogens is 337 g/mol. The summed E-state index contributed by atoms with van der Waals surface area (Å²) < 4.78 is 0. The van der Waals surface area contributed by atoms with Crippen molar-refractivity contribution in [2.24, 2.45) is 0 Å². The molecule has 0 atom stereocenters. The molecule has 0 saturated heterocycles. The average molecular weight is 354 g/mol. The maximum absolute atomic E-state index is 12.1. The highest BCUT2D eigenvalue weighted by Gasteiger charge is 2.10. The summed E-state index contributed by atoms with van der Waals surface area (Å²) in [6, 6.07) is 15.2. The number of carbonyl (C=O) groups is 1. The number of thioether (sulfide) groups is 1. The smallest absolute Gasteiger partial charge is 0.232 e. The molecule has 0 N–H and O–H groups in total. The predicted octanol–water partition coefficient (Wildman–Crippen LogP) is 4.89. The van der Waals surface area contributed by atoms with Crippen LogP contribution in [0.3, 0.4) is 0 Å². The van der Waals surface area contributed by atoms with E-state index in [4.69, 9.17) is 23.2 Å². The van der Waals surface area contributed by atoms with Crippen molar-refractivity contribution < 1.29 is 4.79 Å². The molecule has 0 aliphatic heterocycles. The van der Waals surface area contributed by atoms with E-state index in [2.05, 4.69) is 0 Å². The Morgan fingerprint density at radius 2 is 1.77 bits per heavy atom. The molecule has 2 nitrogen and oxygen atoms in total. The minimum Gasteiger partial charge on any atom is -0.341 e. The highest BCUT2D eigenvalue weighted by Crippen LogP contribution is 2.21. The summed E-state index contributed by atoms with van der Waals surface area (Å²) in [4.78, 5) is 13.9. The van der Waals surface area contributed by atoms with E-state index in [-0.39, 0.29) is 5.91 Å². The minimum absolute atomic E-state index is 0.104. The van der Waals surface area contributed by atoms with E-state index in [9.17, 15) is 4.79 Å². The van der Waals surface area contributed by atoms with Crippen LogP contribution < -0.4 is 0 Å². The van der Waals surface area contributed by atoms with Gasteiger partial charge in [0.05, 0.1) is 5.75 Å². The fourth-order valence-corrected chi connectivity index (χ4v) is 3.30. The lowest BCUT2D eigenvalue weighted by atomic mass is 10.2. The lowest BCUT2D eigenvalue weighted by Gasteiger charge is -2.17. The summed E-state index contributed by atoms with van der Waals surface area (Å²) in [5, 5.41) is 1.45. The fraction of sp³-hybridized carbons (Fsp3) is 0.235. The van der Waals surface area contributed by atoms with Crippen LogP contribution >= 0.6 is 35.0 Å². The Kier molecular flexibility index (Phi) is 6.62. The molecule has 0 radical (unpaired) electrons. The highest BCUT2D eigenvalue weighted by molar-refractivity contribution is 7.99. The van der Waals surface area contributed by atoms with Crippen LogP contribution in [0.15, 0.2) is 48.5 Å². The van der Waals surface area contributed by atoms with Gasteiger partial charge >= 0.3 is 0 Å². The van der Waals surface area contributed by atoms with Crippen molar-refractivity contribution >= 4 is 40.9 Å². The molecule has 1 amide bonds. The molecule has 0 aliphatic rings. The lowest BCUT2D eigenvalue weighted by molar-refractivity contribution is -0.127. The molecule has 2 aromatic carbocycles. The zero-order valence-electron chi connectivity index (χ0n) is 12.3. The third kappa shape index (κ3) is 5.24. The summed E-state index contributed by atoms with van der Waals surface area (Å²) in [6.45, 7) is 0.586. The number of benzene rings is 2. The van der Waals surface area contributed by atoms with Gasteiger partial charge in [0.25, 0.3) is 0 Å². The first-order valence-corrected chi connectivity index (χ1v) is 8.77. The van der Waals surface area contributed by atoms with Crippen LogP contribution in [-0.4, -0.2) is 23.6 Å². The molecule has 0 heterocycles. The topological polar surface area (TPSA) is 20.3 Å². The minimum atomic E-state index is 0.104. The van der Waals surface area contributed by atoms with E-state index >= 15 is 0 Å². The Bertz CT molecular complexity index is 631. The standard InChI is InChI=1S/C17H17Cl2NOS/c1-20(10-13-6-8-15(18)9-7-13)17(21)12-22-11-14-4-2-3-5-16(14)19/h2-9H,10-12H2,1H3. The van der Waals surface area contributed by atoms with Gasteiger partial charge in [-0.1, -0.05) is 53.5 Å². The maximum Gasteiger partial charge on any atom is 0.232 e. The number of rotatable bonds is 6. The van der Waals surface area contributed by atoms with Gasteiger partial charge in [0.1, 0.15) is 0 Å². The van der Waals surface area contributed by atoms with Crippen LogP contribution in [0, 0.1) is 0 Å². The van der Waals surface area contributed by atoms with Crippen molar-refractivity contribution in [2.45, 2.75) is 12.3 Å². The first kappa shape index (κ1) is 17.2. The van der Waals surface area contributed by atoms with Crippen molar-refractivity contribution in [2.75, 3.05) is 12.8 Å². The molecule has 0 aliphatic carbocycles. The normalized spacial score (nSPS) is 10.5. The second kappa shape index (κ2) is 8.47. The van der Waals surface area contributed by atoms with Crippen LogP contribution in [0.1, 0.15) is 11.1 Å². The third-order valence-electron chi connectivity index (χ3n) is 3.20. The first-order chi connectivity index (χ1) is 10.6. The molecule has 0 fully saturated rings. The molecule has 116 valence electrons. The van der Waals surface area contributed by atoms with Crippen LogP contribution in [0.25, 0.3) is 0 Å². The van der Waals surface area contributed by atoms with Gasteiger partial charge in [-0.25, -0.2) is 0 Å². The quantitative estimate of drug-likeness (QED) is 0.737. The van der Waals surface area contributed by atoms with E-state index in [1.165, 1.54) is 0 Å². The number of nitrogens with zero attached hydrogens (tertiary/aromatic N) is 1. The zero-order valence-corrected chi connectivity index (χ0v) is 14.6. The summed E-state index contributed by atoms with van der Waals surface area (Å²) >= 11 is 13.5. The van der Waals surface area contributed by atoms with Crippen molar-refractivity contribution in [3.63, 3.8) is 0 Å². The van der Waals surface area contributed by atoms with Gasteiger partial charge in [-0.05, 0) is 29.3 Å². The Labute approximate surface area is 145 Å². The van der Waals surface area contributed by atoms with Gasteiger partial charge in [-0.15, -0.1) is 11.8 Å². The third-order valence-corrected chi connectivity index (χ3v) is 4.79. The number of hydrogen-bond donors (Lipinski definition) is 0. The molecule has 2 aromatic rings. The van der Waals surface area contributed by atoms with Gasteiger partial charge < -0.3 is 4.90 Å². The predicted molar refractivity (Wildman–Crippen MR) is 95.5 cm³/mol. The van der Waals surface area contributed by atoms with Gasteiger partial charge in [-0.2, -0.15) is 0 Å². The summed E-state index contributed by atoms with van der Waals surface area (Å²) in [6.07, 6.45) is 0. The van der Waals surface area contributed by atoms with Crippen LogP contribution in [0.2, 0.25) is 10.0 Å². The molecule has 0 aromatic heterocycles. The molecule has 0 bridgehead atoms. The van der Waals surface area contributed by atoms with E-state index in [0.29, 0.717) is 17.3 Å². The second-order valence-electron chi connectivity index (χ2n) is 4.96. The van der Waals surface area contributed by atoms with Crippen LogP contribution in [0.5, 0.6) is 0 Å². The monoisotopic (exact) mass is 353 g/mol. The maximum atomic E-state index is 12.1. The van der Waals surface area contributed by atoms with Crippen molar-refractivity contribution in [1.29, 1.82) is 0 Å².